The first kappa shape index (κ1) is 26.1. The van der Waals surface area contributed by atoms with Gasteiger partial charge in [-0.15, -0.1) is 24.0 Å². The number of benzene rings is 1. The summed E-state index contributed by atoms with van der Waals surface area (Å²) in [5.41, 5.74) is 8.99. The highest BCUT2D eigenvalue weighted by molar-refractivity contribution is 14.0. The van der Waals surface area contributed by atoms with Crippen LogP contribution < -0.4 is 16.4 Å². The molecule has 8 heteroatoms. The zero-order valence-electron chi connectivity index (χ0n) is 18.8. The summed E-state index contributed by atoms with van der Waals surface area (Å²) in [6.45, 7) is 6.86. The molecule has 3 rings (SSSR count). The number of aliphatic imine (C=N–C) groups is 1. The number of hydrogen-bond donors (Lipinski definition) is 3. The number of likely N-dealkylation sites (tertiary alicyclic amines) is 1. The van der Waals surface area contributed by atoms with Gasteiger partial charge in [0.1, 0.15) is 0 Å². The zero-order chi connectivity index (χ0) is 21.9. The van der Waals surface area contributed by atoms with E-state index in [1.54, 1.807) is 0 Å². The smallest absolute Gasteiger partial charge is 0.221 e. The number of carbonyl (C=O) groups is 1. The summed E-state index contributed by atoms with van der Waals surface area (Å²) in [5, 5.41) is 6.68. The van der Waals surface area contributed by atoms with Crippen molar-refractivity contribution in [1.82, 2.24) is 20.5 Å². The average Bonchev–Trinajstić information content (AvgIpc) is 2.78. The second-order valence-corrected chi connectivity index (χ2v) is 7.99. The van der Waals surface area contributed by atoms with E-state index in [2.05, 4.69) is 51.7 Å². The van der Waals surface area contributed by atoms with Crippen molar-refractivity contribution in [2.45, 2.75) is 39.3 Å². The van der Waals surface area contributed by atoms with Gasteiger partial charge < -0.3 is 16.4 Å². The molecule has 32 heavy (non-hydrogen) atoms. The molecule has 1 saturated heterocycles. The van der Waals surface area contributed by atoms with Crippen LogP contribution in [0.5, 0.6) is 0 Å². The Kier molecular flexibility index (Phi) is 11.4. The van der Waals surface area contributed by atoms with Crippen LogP contribution in [0.2, 0.25) is 0 Å². The van der Waals surface area contributed by atoms with Crippen LogP contribution in [0.25, 0.3) is 0 Å². The highest BCUT2D eigenvalue weighted by Crippen LogP contribution is 2.19. The molecule has 0 radical (unpaired) electrons. The van der Waals surface area contributed by atoms with E-state index in [1.165, 1.54) is 11.1 Å². The molecule has 1 atom stereocenters. The summed E-state index contributed by atoms with van der Waals surface area (Å²) in [4.78, 5) is 22.9. The number of halogens is 1. The fraction of sp³-hybridized carbons (Fsp3) is 0.458. The Labute approximate surface area is 208 Å². The van der Waals surface area contributed by atoms with Crippen LogP contribution in [-0.2, 0) is 24.3 Å². The number of amides is 1. The fourth-order valence-corrected chi connectivity index (χ4v) is 3.88. The van der Waals surface area contributed by atoms with Crippen molar-refractivity contribution in [1.29, 1.82) is 0 Å². The van der Waals surface area contributed by atoms with E-state index in [9.17, 15) is 4.79 Å². The number of aromatic nitrogens is 1. The number of piperidine rings is 1. The van der Waals surface area contributed by atoms with Gasteiger partial charge in [-0.2, -0.15) is 0 Å². The number of carbonyl (C=O) groups excluding carboxylic acids is 1. The van der Waals surface area contributed by atoms with Crippen LogP contribution in [0.3, 0.4) is 0 Å². The number of primary amides is 1. The molecule has 0 bridgehead atoms. The molecule has 174 valence electrons. The number of rotatable bonds is 9. The van der Waals surface area contributed by atoms with Gasteiger partial charge in [-0.3, -0.25) is 14.7 Å². The SMILES string of the molecule is CCNC(=NCc1cccc(CN2CCCC(C(N)=O)C2)c1)NCCc1ccccn1.I. The van der Waals surface area contributed by atoms with E-state index in [0.29, 0.717) is 6.54 Å². The van der Waals surface area contributed by atoms with Crippen molar-refractivity contribution < 1.29 is 4.79 Å². The normalized spacial score (nSPS) is 16.8. The maximum Gasteiger partial charge on any atom is 0.221 e. The lowest BCUT2D eigenvalue weighted by atomic mass is 9.97. The highest BCUT2D eigenvalue weighted by atomic mass is 127. The quantitative estimate of drug-likeness (QED) is 0.254. The Morgan fingerprint density at radius 1 is 1.22 bits per heavy atom. The first-order valence-electron chi connectivity index (χ1n) is 11.2. The molecule has 1 amide bonds. The van der Waals surface area contributed by atoms with E-state index < -0.39 is 0 Å². The molecule has 7 nitrogen and oxygen atoms in total. The van der Waals surface area contributed by atoms with Crippen molar-refractivity contribution in [3.05, 3.63) is 65.5 Å². The maximum absolute atomic E-state index is 11.5. The van der Waals surface area contributed by atoms with Gasteiger partial charge in [0, 0.05) is 44.5 Å². The molecule has 1 aliphatic heterocycles. The number of guanidine groups is 1. The fourth-order valence-electron chi connectivity index (χ4n) is 3.88. The predicted octanol–water partition coefficient (Wildman–Crippen LogP) is 2.69. The lowest BCUT2D eigenvalue weighted by Crippen LogP contribution is -2.40. The molecular formula is C24H35IN6O. The largest absolute Gasteiger partial charge is 0.369 e. The maximum atomic E-state index is 11.5. The molecule has 1 aliphatic rings. The van der Waals surface area contributed by atoms with Crippen LogP contribution in [0.4, 0.5) is 0 Å². The molecule has 1 aromatic carbocycles. The molecule has 0 saturated carbocycles. The van der Waals surface area contributed by atoms with Crippen molar-refractivity contribution in [2.75, 3.05) is 26.2 Å². The van der Waals surface area contributed by atoms with Crippen LogP contribution in [0.15, 0.2) is 53.7 Å². The van der Waals surface area contributed by atoms with Crippen molar-refractivity contribution in [2.24, 2.45) is 16.6 Å². The van der Waals surface area contributed by atoms with Gasteiger partial charge in [0.25, 0.3) is 0 Å². The Morgan fingerprint density at radius 3 is 2.81 bits per heavy atom. The van der Waals surface area contributed by atoms with E-state index >= 15 is 0 Å². The third-order valence-corrected chi connectivity index (χ3v) is 5.47. The van der Waals surface area contributed by atoms with Crippen molar-refractivity contribution in [3.8, 4) is 0 Å². The van der Waals surface area contributed by atoms with Gasteiger partial charge >= 0.3 is 0 Å². The van der Waals surface area contributed by atoms with Crippen molar-refractivity contribution >= 4 is 35.8 Å². The van der Waals surface area contributed by atoms with Gasteiger partial charge in [-0.25, -0.2) is 4.99 Å². The van der Waals surface area contributed by atoms with Gasteiger partial charge in [0.2, 0.25) is 5.91 Å². The number of nitrogens with zero attached hydrogens (tertiary/aromatic N) is 3. The summed E-state index contributed by atoms with van der Waals surface area (Å²) in [6, 6.07) is 14.5. The topological polar surface area (TPSA) is 95.6 Å². The number of hydrogen-bond acceptors (Lipinski definition) is 4. The summed E-state index contributed by atoms with van der Waals surface area (Å²) in [7, 11) is 0. The van der Waals surface area contributed by atoms with E-state index in [-0.39, 0.29) is 35.8 Å². The first-order chi connectivity index (χ1) is 15.1. The molecule has 2 heterocycles. The average molecular weight is 550 g/mol. The Hall–Kier alpha value is -2.20. The minimum absolute atomic E-state index is 0. The molecule has 0 aliphatic carbocycles. The monoisotopic (exact) mass is 550 g/mol. The summed E-state index contributed by atoms with van der Waals surface area (Å²) in [6.07, 6.45) is 4.59. The zero-order valence-corrected chi connectivity index (χ0v) is 21.1. The molecule has 0 spiro atoms. The van der Waals surface area contributed by atoms with Gasteiger partial charge in [-0.1, -0.05) is 30.3 Å². The summed E-state index contributed by atoms with van der Waals surface area (Å²) < 4.78 is 0. The second-order valence-electron chi connectivity index (χ2n) is 7.99. The van der Waals surface area contributed by atoms with Crippen LogP contribution >= 0.6 is 24.0 Å². The third-order valence-electron chi connectivity index (χ3n) is 5.47. The van der Waals surface area contributed by atoms with E-state index in [4.69, 9.17) is 10.7 Å². The number of nitrogens with two attached hydrogens (primary N) is 1. The highest BCUT2D eigenvalue weighted by Gasteiger charge is 2.23. The van der Waals surface area contributed by atoms with E-state index in [0.717, 1.165) is 63.6 Å². The first-order valence-corrected chi connectivity index (χ1v) is 11.2. The van der Waals surface area contributed by atoms with Gasteiger partial charge in [0.05, 0.1) is 12.5 Å². The standard InChI is InChI=1S/C24H34N6O.HI/c1-2-26-24(28-13-11-22-10-3-4-12-27-22)29-16-19-7-5-8-20(15-19)17-30-14-6-9-21(18-30)23(25)31;/h3-5,7-8,10,12,15,21H,2,6,9,11,13-14,16-18H2,1H3,(H2,25,31)(H2,26,28,29);1H. The summed E-state index contributed by atoms with van der Waals surface area (Å²) in [5.74, 6) is 0.602. The number of pyridine rings is 1. The molecule has 4 N–H and O–H groups in total. The Bertz CT molecular complexity index is 861. The number of nitrogens with one attached hydrogen (secondary N) is 2. The second kappa shape index (κ2) is 14.1. The van der Waals surface area contributed by atoms with Crippen molar-refractivity contribution in [3.63, 3.8) is 0 Å². The minimum Gasteiger partial charge on any atom is -0.369 e. The van der Waals surface area contributed by atoms with E-state index in [1.807, 2.05) is 24.4 Å². The lowest BCUT2D eigenvalue weighted by Gasteiger charge is -2.31. The molecule has 2 aromatic rings. The van der Waals surface area contributed by atoms with Crippen LogP contribution in [0, 0.1) is 5.92 Å². The van der Waals surface area contributed by atoms with Crippen LogP contribution in [-0.4, -0.2) is 47.9 Å². The molecule has 1 aromatic heterocycles. The molecular weight excluding hydrogens is 515 g/mol. The molecule has 1 fully saturated rings. The predicted molar refractivity (Wildman–Crippen MR) is 140 cm³/mol. The van der Waals surface area contributed by atoms with Crippen LogP contribution in [0.1, 0.15) is 36.6 Å². The Balaban J connectivity index is 0.00000363. The molecule has 1 unspecified atom stereocenters. The Morgan fingerprint density at radius 2 is 2.06 bits per heavy atom. The van der Waals surface area contributed by atoms with Gasteiger partial charge in [-0.05, 0) is 49.6 Å². The van der Waals surface area contributed by atoms with Gasteiger partial charge in [0.15, 0.2) is 5.96 Å². The minimum atomic E-state index is -0.181. The lowest BCUT2D eigenvalue weighted by molar-refractivity contribution is -0.123. The third kappa shape index (κ3) is 8.74. The summed E-state index contributed by atoms with van der Waals surface area (Å²) >= 11 is 0.